The van der Waals surface area contributed by atoms with E-state index in [1.165, 1.54) is 25.7 Å². The lowest BCUT2D eigenvalue weighted by atomic mass is 9.86. The number of hydrogen-bond acceptors (Lipinski definition) is 4. The summed E-state index contributed by atoms with van der Waals surface area (Å²) in [6, 6.07) is 0.199. The van der Waals surface area contributed by atoms with Gasteiger partial charge in [0.15, 0.2) is 0 Å². The molecule has 0 radical (unpaired) electrons. The summed E-state index contributed by atoms with van der Waals surface area (Å²) in [6.45, 7) is 8.51. The minimum atomic E-state index is 0. The van der Waals surface area contributed by atoms with Gasteiger partial charge in [-0.15, -0.1) is 24.8 Å². The number of morpholine rings is 1. The molecule has 23 heavy (non-hydrogen) atoms. The van der Waals surface area contributed by atoms with Crippen LogP contribution < -0.4 is 10.6 Å². The van der Waals surface area contributed by atoms with E-state index in [-0.39, 0.29) is 48.2 Å². The van der Waals surface area contributed by atoms with Crippen molar-refractivity contribution in [1.29, 1.82) is 0 Å². The summed E-state index contributed by atoms with van der Waals surface area (Å²) in [5, 5.41) is 6.36. The molecule has 0 spiro atoms. The highest BCUT2D eigenvalue weighted by molar-refractivity contribution is 5.85. The van der Waals surface area contributed by atoms with Crippen molar-refractivity contribution in [3.8, 4) is 0 Å². The Morgan fingerprint density at radius 1 is 1.17 bits per heavy atom. The van der Waals surface area contributed by atoms with Gasteiger partial charge in [0.2, 0.25) is 5.91 Å². The maximum atomic E-state index is 12.3. The molecule has 1 saturated carbocycles. The first-order chi connectivity index (χ1) is 10.1. The Bertz CT molecular complexity index is 346. The average Bonchev–Trinajstić information content (AvgIpc) is 2.99. The lowest BCUT2D eigenvalue weighted by Crippen LogP contribution is -2.62. The molecule has 2 atom stereocenters. The molecule has 1 amide bonds. The number of hydrogen-bond donors (Lipinski definition) is 2. The summed E-state index contributed by atoms with van der Waals surface area (Å²) in [6.07, 6.45) is 4.91. The smallest absolute Gasteiger partial charge is 0.224 e. The normalized spacial score (nSPS) is 23.3. The van der Waals surface area contributed by atoms with Crippen molar-refractivity contribution in [2.45, 2.75) is 51.1 Å². The molecule has 2 rings (SSSR count). The van der Waals surface area contributed by atoms with Crippen molar-refractivity contribution >= 4 is 30.7 Å². The van der Waals surface area contributed by atoms with Gasteiger partial charge >= 0.3 is 0 Å². The number of rotatable bonds is 6. The first-order valence-electron chi connectivity index (χ1n) is 8.38. The largest absolute Gasteiger partial charge is 0.379 e. The fraction of sp³-hybridized carbons (Fsp3) is 0.938. The summed E-state index contributed by atoms with van der Waals surface area (Å²) >= 11 is 0. The standard InChI is InChI=1S/C16H31N3O2.2ClH/c1-13(12-17-3)15(20)18-14(2)16(6-4-5-7-16)19-8-10-21-11-9-19;;/h13-14,17H,4-12H2,1-3H3,(H,18,20);2*1H. The molecular weight excluding hydrogens is 337 g/mol. The van der Waals surface area contributed by atoms with Gasteiger partial charge in [-0.25, -0.2) is 0 Å². The fourth-order valence-electron chi connectivity index (χ4n) is 3.91. The molecule has 0 aromatic rings. The summed E-state index contributed by atoms with van der Waals surface area (Å²) in [4.78, 5) is 14.9. The zero-order chi connectivity index (χ0) is 15.3. The molecule has 7 heteroatoms. The van der Waals surface area contributed by atoms with Crippen LogP contribution in [0.2, 0.25) is 0 Å². The van der Waals surface area contributed by atoms with Gasteiger partial charge < -0.3 is 15.4 Å². The third-order valence-electron chi connectivity index (χ3n) is 5.23. The summed E-state index contributed by atoms with van der Waals surface area (Å²) in [5.41, 5.74) is 0.138. The van der Waals surface area contributed by atoms with Crippen LogP contribution in [0.15, 0.2) is 0 Å². The molecule has 5 nitrogen and oxygen atoms in total. The second kappa shape index (κ2) is 10.7. The van der Waals surface area contributed by atoms with Gasteiger partial charge in [-0.3, -0.25) is 9.69 Å². The molecule has 1 aliphatic carbocycles. The van der Waals surface area contributed by atoms with Crippen LogP contribution in [0, 0.1) is 5.92 Å². The van der Waals surface area contributed by atoms with Crippen LogP contribution >= 0.6 is 24.8 Å². The molecule has 0 aromatic heterocycles. The van der Waals surface area contributed by atoms with E-state index in [0.717, 1.165) is 32.8 Å². The van der Waals surface area contributed by atoms with Crippen LogP contribution in [0.3, 0.4) is 0 Å². The van der Waals surface area contributed by atoms with Crippen molar-refractivity contribution < 1.29 is 9.53 Å². The average molecular weight is 370 g/mol. The van der Waals surface area contributed by atoms with Gasteiger partial charge in [0, 0.05) is 37.1 Å². The molecular formula is C16H33Cl2N3O2. The molecule has 2 aliphatic rings. The number of ether oxygens (including phenoxy) is 1. The van der Waals surface area contributed by atoms with Gasteiger partial charge in [-0.1, -0.05) is 19.8 Å². The van der Waals surface area contributed by atoms with Crippen molar-refractivity contribution in [2.75, 3.05) is 39.9 Å². The van der Waals surface area contributed by atoms with Gasteiger partial charge in [0.25, 0.3) is 0 Å². The van der Waals surface area contributed by atoms with E-state index in [2.05, 4.69) is 22.5 Å². The maximum Gasteiger partial charge on any atom is 0.224 e. The van der Waals surface area contributed by atoms with E-state index >= 15 is 0 Å². The van der Waals surface area contributed by atoms with Gasteiger partial charge in [0.1, 0.15) is 0 Å². The van der Waals surface area contributed by atoms with Crippen molar-refractivity contribution in [1.82, 2.24) is 15.5 Å². The number of amides is 1. The van der Waals surface area contributed by atoms with Crippen LogP contribution in [0.5, 0.6) is 0 Å². The van der Waals surface area contributed by atoms with Crippen molar-refractivity contribution in [3.63, 3.8) is 0 Å². The highest BCUT2D eigenvalue weighted by Crippen LogP contribution is 2.38. The highest BCUT2D eigenvalue weighted by atomic mass is 35.5. The number of nitrogens with one attached hydrogen (secondary N) is 2. The van der Waals surface area contributed by atoms with E-state index in [4.69, 9.17) is 4.74 Å². The lowest BCUT2D eigenvalue weighted by molar-refractivity contribution is -0.126. The van der Waals surface area contributed by atoms with E-state index in [0.29, 0.717) is 0 Å². The number of halogens is 2. The molecule has 2 N–H and O–H groups in total. The summed E-state index contributed by atoms with van der Waals surface area (Å²) in [5.74, 6) is 0.178. The SMILES string of the molecule is CNCC(C)C(=O)NC(C)C1(N2CCOCC2)CCCC1.Cl.Cl. The van der Waals surface area contributed by atoms with Crippen LogP contribution in [0.1, 0.15) is 39.5 Å². The summed E-state index contributed by atoms with van der Waals surface area (Å²) < 4.78 is 5.50. The minimum absolute atomic E-state index is 0. The zero-order valence-electron chi connectivity index (χ0n) is 14.6. The topological polar surface area (TPSA) is 53.6 Å². The Balaban J connectivity index is 0.00000242. The molecule has 1 aliphatic heterocycles. The first-order valence-corrected chi connectivity index (χ1v) is 8.38. The predicted octanol–water partition coefficient (Wildman–Crippen LogP) is 1.84. The Morgan fingerprint density at radius 2 is 1.74 bits per heavy atom. The minimum Gasteiger partial charge on any atom is -0.379 e. The second-order valence-electron chi connectivity index (χ2n) is 6.60. The predicted molar refractivity (Wildman–Crippen MR) is 98.8 cm³/mol. The van der Waals surface area contributed by atoms with Crippen molar-refractivity contribution in [3.05, 3.63) is 0 Å². The molecule has 1 saturated heterocycles. The van der Waals surface area contributed by atoms with Crippen LogP contribution in [-0.2, 0) is 9.53 Å². The fourth-order valence-corrected chi connectivity index (χ4v) is 3.91. The summed E-state index contributed by atoms with van der Waals surface area (Å²) in [7, 11) is 1.89. The maximum absolute atomic E-state index is 12.3. The van der Waals surface area contributed by atoms with Gasteiger partial charge in [-0.2, -0.15) is 0 Å². The van der Waals surface area contributed by atoms with E-state index < -0.39 is 0 Å². The Hall–Kier alpha value is -0.0700. The van der Waals surface area contributed by atoms with E-state index in [1.54, 1.807) is 0 Å². The van der Waals surface area contributed by atoms with Crippen molar-refractivity contribution in [2.24, 2.45) is 5.92 Å². The van der Waals surface area contributed by atoms with Gasteiger partial charge in [0.05, 0.1) is 13.2 Å². The Kier molecular flexibility index (Phi) is 10.7. The lowest BCUT2D eigenvalue weighted by Gasteiger charge is -2.47. The highest BCUT2D eigenvalue weighted by Gasteiger charge is 2.45. The third kappa shape index (κ3) is 5.46. The molecule has 2 unspecified atom stereocenters. The quantitative estimate of drug-likeness (QED) is 0.749. The molecule has 138 valence electrons. The molecule has 1 heterocycles. The molecule has 2 fully saturated rings. The Labute approximate surface area is 153 Å². The molecule has 0 aromatic carbocycles. The molecule has 0 bridgehead atoms. The number of carbonyl (C=O) groups is 1. The second-order valence-corrected chi connectivity index (χ2v) is 6.60. The van der Waals surface area contributed by atoms with Gasteiger partial charge in [-0.05, 0) is 26.8 Å². The number of nitrogens with zero attached hydrogens (tertiary/aromatic N) is 1. The Morgan fingerprint density at radius 3 is 2.26 bits per heavy atom. The zero-order valence-corrected chi connectivity index (χ0v) is 16.2. The van der Waals surface area contributed by atoms with E-state index in [1.807, 2.05) is 14.0 Å². The number of carbonyl (C=O) groups excluding carboxylic acids is 1. The van der Waals surface area contributed by atoms with Crippen LogP contribution in [-0.4, -0.2) is 62.3 Å². The van der Waals surface area contributed by atoms with Crippen LogP contribution in [0.25, 0.3) is 0 Å². The van der Waals surface area contributed by atoms with Crippen LogP contribution in [0.4, 0.5) is 0 Å². The third-order valence-corrected chi connectivity index (χ3v) is 5.23. The van der Waals surface area contributed by atoms with E-state index in [9.17, 15) is 4.79 Å². The first kappa shape index (κ1) is 22.9. The monoisotopic (exact) mass is 369 g/mol.